The number of nitrogens with one attached hydrogen (secondary N) is 1. The number of hydrogen-bond donors (Lipinski definition) is 5. The van der Waals surface area contributed by atoms with Gasteiger partial charge in [0, 0.05) is 19.0 Å². The number of aliphatic hydroxyl groups excluding tert-OH is 2. The topological polar surface area (TPSA) is 185 Å². The van der Waals surface area contributed by atoms with E-state index in [1.165, 1.54) is 16.8 Å². The second-order valence-electron chi connectivity index (χ2n) is 8.20. The molecule has 12 nitrogen and oxygen atoms in total. The number of aliphatic hydroxyl groups is 3. The maximum absolute atomic E-state index is 12.5. The first-order valence-corrected chi connectivity index (χ1v) is 11.1. The molecule has 2 aromatic rings. The van der Waals surface area contributed by atoms with E-state index >= 15 is 0 Å². The highest BCUT2D eigenvalue weighted by Gasteiger charge is 2.70. The van der Waals surface area contributed by atoms with Gasteiger partial charge < -0.3 is 30.4 Å². The molecule has 0 aromatic carbocycles. The number of nitrogen functional groups attached to an aromatic ring is 1. The van der Waals surface area contributed by atoms with Gasteiger partial charge in [0.1, 0.15) is 12.2 Å². The summed E-state index contributed by atoms with van der Waals surface area (Å²) in [5.74, 6) is -0.0934. The predicted octanol–water partition coefficient (Wildman–Crippen LogP) is 0.391. The van der Waals surface area contributed by atoms with Crippen molar-refractivity contribution in [1.29, 1.82) is 0 Å². The largest absolute Gasteiger partial charge is 0.393 e. The summed E-state index contributed by atoms with van der Waals surface area (Å²) in [6.07, 6.45) is -2.88. The molecule has 0 saturated carbocycles. The SMILES string of the molecule is CCC1(O)OP1(=O)OC(C)(C)CC1OC(n2ccc3c(=O)[nH]c(N)nc32)C(O)C1O. The van der Waals surface area contributed by atoms with E-state index in [1.54, 1.807) is 20.8 Å². The number of aromatic amines is 1. The molecular formula is C17H25N4O8P. The summed E-state index contributed by atoms with van der Waals surface area (Å²) in [7, 11) is -3.67. The molecule has 2 aromatic heterocycles. The van der Waals surface area contributed by atoms with E-state index in [0.29, 0.717) is 0 Å². The Morgan fingerprint density at radius 2 is 2.13 bits per heavy atom. The molecule has 2 aliphatic rings. The van der Waals surface area contributed by atoms with Crippen LogP contribution in [0.5, 0.6) is 0 Å². The molecule has 0 spiro atoms. The van der Waals surface area contributed by atoms with E-state index in [4.69, 9.17) is 19.5 Å². The zero-order valence-electron chi connectivity index (χ0n) is 16.7. The molecule has 166 valence electrons. The van der Waals surface area contributed by atoms with Crippen LogP contribution in [0.2, 0.25) is 0 Å². The number of H-pyrrole nitrogens is 1. The van der Waals surface area contributed by atoms with Crippen LogP contribution in [0.1, 0.15) is 39.8 Å². The number of anilines is 1. The van der Waals surface area contributed by atoms with Crippen LogP contribution in [0, 0.1) is 0 Å². The zero-order chi connectivity index (χ0) is 22.1. The molecule has 6 atom stereocenters. The van der Waals surface area contributed by atoms with Gasteiger partial charge in [0.15, 0.2) is 11.9 Å². The number of hydrogen-bond acceptors (Lipinski definition) is 10. The Balaban J connectivity index is 1.54. The van der Waals surface area contributed by atoms with Crippen molar-refractivity contribution in [2.45, 2.75) is 69.3 Å². The monoisotopic (exact) mass is 444 g/mol. The van der Waals surface area contributed by atoms with Gasteiger partial charge >= 0.3 is 7.60 Å². The van der Waals surface area contributed by atoms with E-state index < -0.39 is 48.8 Å². The van der Waals surface area contributed by atoms with Crippen LogP contribution in [0.25, 0.3) is 11.0 Å². The van der Waals surface area contributed by atoms with Crippen molar-refractivity contribution in [3.63, 3.8) is 0 Å². The van der Waals surface area contributed by atoms with Crippen molar-refractivity contribution in [1.82, 2.24) is 14.5 Å². The second kappa shape index (κ2) is 6.86. The fourth-order valence-corrected chi connectivity index (χ4v) is 5.73. The highest BCUT2D eigenvalue weighted by Crippen LogP contribution is 2.79. The summed E-state index contributed by atoms with van der Waals surface area (Å²) in [5.41, 5.74) is 2.49. The van der Waals surface area contributed by atoms with E-state index in [2.05, 4.69) is 9.97 Å². The van der Waals surface area contributed by atoms with Gasteiger partial charge in [-0.25, -0.2) is 0 Å². The lowest BCUT2D eigenvalue weighted by Crippen LogP contribution is -2.37. The molecule has 6 N–H and O–H groups in total. The second-order valence-corrected chi connectivity index (χ2v) is 10.3. The van der Waals surface area contributed by atoms with Crippen LogP contribution in [0.4, 0.5) is 5.95 Å². The molecule has 2 saturated heterocycles. The van der Waals surface area contributed by atoms with Crippen molar-refractivity contribution in [2.24, 2.45) is 0 Å². The van der Waals surface area contributed by atoms with Gasteiger partial charge in [0.2, 0.25) is 5.95 Å². The summed E-state index contributed by atoms with van der Waals surface area (Å²) in [6.45, 7) is 4.86. The van der Waals surface area contributed by atoms with Gasteiger partial charge in [0.25, 0.3) is 11.1 Å². The fourth-order valence-electron chi connectivity index (χ4n) is 3.76. The predicted molar refractivity (Wildman–Crippen MR) is 104 cm³/mol. The van der Waals surface area contributed by atoms with Gasteiger partial charge in [-0.2, -0.15) is 4.98 Å². The quantitative estimate of drug-likeness (QED) is 0.308. The lowest BCUT2D eigenvalue weighted by molar-refractivity contribution is -0.0584. The van der Waals surface area contributed by atoms with Gasteiger partial charge in [0.05, 0.1) is 17.1 Å². The molecule has 0 aliphatic carbocycles. The first-order valence-electron chi connectivity index (χ1n) is 9.52. The van der Waals surface area contributed by atoms with Crippen molar-refractivity contribution < 1.29 is 33.7 Å². The van der Waals surface area contributed by atoms with Crippen molar-refractivity contribution in [3.8, 4) is 0 Å². The smallest absolute Gasteiger partial charge is 0.388 e. The molecule has 0 radical (unpaired) electrons. The number of nitrogens with zero attached hydrogens (tertiary/aromatic N) is 2. The summed E-state index contributed by atoms with van der Waals surface area (Å²) in [4.78, 5) is 18.5. The van der Waals surface area contributed by atoms with Crippen LogP contribution in [0.3, 0.4) is 0 Å². The third kappa shape index (κ3) is 3.38. The number of nitrogens with two attached hydrogens (primary N) is 1. The van der Waals surface area contributed by atoms with Gasteiger partial charge in [-0.15, -0.1) is 0 Å². The maximum Gasteiger partial charge on any atom is 0.393 e. The maximum atomic E-state index is 12.5. The zero-order valence-corrected chi connectivity index (χ0v) is 17.6. The molecule has 30 heavy (non-hydrogen) atoms. The third-order valence-electron chi connectivity index (χ3n) is 5.39. The highest BCUT2D eigenvalue weighted by molar-refractivity contribution is 7.61. The van der Waals surface area contributed by atoms with Gasteiger partial charge in [-0.05, 0) is 19.9 Å². The molecule has 13 heteroatoms. The van der Waals surface area contributed by atoms with Crippen LogP contribution in [0.15, 0.2) is 17.1 Å². The van der Waals surface area contributed by atoms with Gasteiger partial charge in [-0.1, -0.05) is 6.92 Å². The third-order valence-corrected chi connectivity index (χ3v) is 7.77. The Bertz CT molecular complexity index is 1080. The summed E-state index contributed by atoms with van der Waals surface area (Å²) < 4.78 is 30.3. The van der Waals surface area contributed by atoms with Crippen molar-refractivity contribution in [3.05, 3.63) is 22.6 Å². The number of fused-ring (bicyclic) bond motifs is 1. The van der Waals surface area contributed by atoms with E-state index in [0.717, 1.165) is 0 Å². The first-order chi connectivity index (χ1) is 13.9. The van der Waals surface area contributed by atoms with Crippen molar-refractivity contribution in [2.75, 3.05) is 5.73 Å². The average molecular weight is 444 g/mol. The van der Waals surface area contributed by atoms with E-state index in [1.807, 2.05) is 0 Å². The first kappa shape index (κ1) is 21.4. The normalized spacial score (nSPS) is 36.5. The van der Waals surface area contributed by atoms with Crippen molar-refractivity contribution >= 4 is 24.6 Å². The molecule has 4 rings (SSSR count). The summed E-state index contributed by atoms with van der Waals surface area (Å²) in [5, 5.41) is 31.3. The minimum absolute atomic E-state index is 0.0459. The molecule has 0 bridgehead atoms. The van der Waals surface area contributed by atoms with Crippen LogP contribution in [-0.2, 0) is 18.3 Å². The Kier molecular flexibility index (Phi) is 4.90. The summed E-state index contributed by atoms with van der Waals surface area (Å²) in [6, 6.07) is 1.51. The van der Waals surface area contributed by atoms with Crippen LogP contribution < -0.4 is 11.3 Å². The Morgan fingerprint density at radius 3 is 2.77 bits per heavy atom. The highest BCUT2D eigenvalue weighted by atomic mass is 31.2. The molecule has 2 fully saturated rings. The lowest BCUT2D eigenvalue weighted by Gasteiger charge is -2.28. The summed E-state index contributed by atoms with van der Waals surface area (Å²) >= 11 is 0. The number of aromatic nitrogens is 3. The Labute approximate surface area is 171 Å². The number of rotatable bonds is 6. The molecule has 4 heterocycles. The fraction of sp³-hybridized carbons (Fsp3) is 0.647. The van der Waals surface area contributed by atoms with E-state index in [9.17, 15) is 24.7 Å². The average Bonchev–Trinajstić information content (AvgIpc) is 2.92. The molecule has 6 unspecified atom stereocenters. The van der Waals surface area contributed by atoms with Gasteiger partial charge in [-0.3, -0.25) is 23.4 Å². The lowest BCUT2D eigenvalue weighted by atomic mass is 9.97. The van der Waals surface area contributed by atoms with Crippen LogP contribution in [-0.4, -0.2) is 59.3 Å². The minimum Gasteiger partial charge on any atom is -0.388 e. The minimum atomic E-state index is -3.67. The molecule has 2 aliphatic heterocycles. The Hall–Kier alpha value is -1.79. The van der Waals surface area contributed by atoms with Crippen LogP contribution >= 0.6 is 7.60 Å². The molecule has 0 amide bonds. The molecular weight excluding hydrogens is 419 g/mol. The Morgan fingerprint density at radius 1 is 1.43 bits per heavy atom. The van der Waals surface area contributed by atoms with E-state index in [-0.39, 0.29) is 29.8 Å². The standard InChI is InChI=1S/C17H25N4O8P/c1-4-17(25)29-30(17,26)28-16(2,3)7-9-10(22)11(23)14(27-9)21-6-5-8-12(21)19-15(18)20-13(8)24/h5-6,9-11,14,22-23,25H,4,7H2,1-3H3,(H3,18,19,20,24). The number of ether oxygens (including phenoxy) is 1.